The molecule has 0 saturated carbocycles. The van der Waals surface area contributed by atoms with Gasteiger partial charge < -0.3 is 19.9 Å². The van der Waals surface area contributed by atoms with Gasteiger partial charge in [-0.15, -0.1) is 0 Å². The lowest BCUT2D eigenvalue weighted by molar-refractivity contribution is -0.119. The SMILES string of the molecule is CC(C)(C)OC(=O)N1C2CCCC1CC(N1CCC3(CC1)CNC(=O)C3)C2. The smallest absolute Gasteiger partial charge is 0.410 e. The molecule has 4 fully saturated rings. The van der Waals surface area contributed by atoms with Crippen molar-refractivity contribution < 1.29 is 14.3 Å². The highest BCUT2D eigenvalue weighted by Crippen LogP contribution is 2.41. The van der Waals surface area contributed by atoms with Crippen molar-refractivity contribution in [2.45, 2.75) is 95.9 Å². The molecule has 2 unspecified atom stereocenters. The van der Waals surface area contributed by atoms with Gasteiger partial charge in [-0.2, -0.15) is 0 Å². The standard InChI is InChI=1S/C21H35N3O3/c1-20(2,3)27-19(26)24-15-5-4-6-16(24)12-17(11-15)23-9-7-21(8-10-23)13-18(25)22-14-21/h15-17H,4-14H2,1-3H3,(H,22,25). The van der Waals surface area contributed by atoms with Gasteiger partial charge in [-0.1, -0.05) is 0 Å². The van der Waals surface area contributed by atoms with Crippen molar-refractivity contribution in [1.29, 1.82) is 0 Å². The van der Waals surface area contributed by atoms with Crippen LogP contribution < -0.4 is 5.32 Å². The Morgan fingerprint density at radius 2 is 1.74 bits per heavy atom. The number of nitrogens with zero attached hydrogens (tertiary/aromatic N) is 2. The molecule has 2 bridgehead atoms. The van der Waals surface area contributed by atoms with Crippen molar-refractivity contribution in [2.24, 2.45) is 5.41 Å². The number of amides is 2. The molecule has 4 saturated heterocycles. The van der Waals surface area contributed by atoms with Crippen molar-refractivity contribution >= 4 is 12.0 Å². The molecule has 4 heterocycles. The second-order valence-corrected chi connectivity index (χ2v) is 10.2. The number of nitrogens with one attached hydrogen (secondary N) is 1. The zero-order chi connectivity index (χ0) is 19.2. The molecule has 4 rings (SSSR count). The third-order valence-electron chi connectivity index (χ3n) is 7.13. The molecule has 0 radical (unpaired) electrons. The van der Waals surface area contributed by atoms with E-state index in [-0.39, 0.29) is 17.4 Å². The maximum atomic E-state index is 12.8. The molecule has 6 nitrogen and oxygen atoms in total. The zero-order valence-corrected chi connectivity index (χ0v) is 17.1. The fraction of sp³-hybridized carbons (Fsp3) is 0.905. The summed E-state index contributed by atoms with van der Waals surface area (Å²) in [5.41, 5.74) is -0.225. The normalized spacial score (nSPS) is 33.8. The van der Waals surface area contributed by atoms with Crippen LogP contribution in [-0.4, -0.2) is 65.2 Å². The van der Waals surface area contributed by atoms with Gasteiger partial charge in [-0.25, -0.2) is 4.79 Å². The minimum absolute atomic E-state index is 0.121. The van der Waals surface area contributed by atoms with Gasteiger partial charge in [-0.05, 0) is 84.2 Å². The van der Waals surface area contributed by atoms with Crippen molar-refractivity contribution in [1.82, 2.24) is 15.1 Å². The van der Waals surface area contributed by atoms with E-state index in [1.54, 1.807) is 0 Å². The first-order chi connectivity index (χ1) is 12.7. The first-order valence-electron chi connectivity index (χ1n) is 10.8. The third-order valence-corrected chi connectivity index (χ3v) is 7.13. The van der Waals surface area contributed by atoms with Crippen LogP contribution in [0.15, 0.2) is 0 Å². The van der Waals surface area contributed by atoms with Crippen LogP contribution >= 0.6 is 0 Å². The van der Waals surface area contributed by atoms with Gasteiger partial charge >= 0.3 is 6.09 Å². The first kappa shape index (κ1) is 19.0. The molecule has 27 heavy (non-hydrogen) atoms. The van der Waals surface area contributed by atoms with Gasteiger partial charge in [0.25, 0.3) is 0 Å². The molecular weight excluding hydrogens is 342 g/mol. The van der Waals surface area contributed by atoms with Crippen molar-refractivity contribution in [3.05, 3.63) is 0 Å². The number of fused-ring (bicyclic) bond motifs is 2. The molecule has 2 atom stereocenters. The predicted octanol–water partition coefficient (Wildman–Crippen LogP) is 2.91. The van der Waals surface area contributed by atoms with Gasteiger partial charge in [0.1, 0.15) is 5.60 Å². The number of ether oxygens (including phenoxy) is 1. The summed E-state index contributed by atoms with van der Waals surface area (Å²) in [4.78, 5) is 29.1. The maximum Gasteiger partial charge on any atom is 0.410 e. The monoisotopic (exact) mass is 377 g/mol. The fourth-order valence-corrected chi connectivity index (χ4v) is 5.73. The summed E-state index contributed by atoms with van der Waals surface area (Å²) in [5.74, 6) is 0.226. The van der Waals surface area contributed by atoms with Gasteiger partial charge in [0.05, 0.1) is 0 Å². The van der Waals surface area contributed by atoms with Gasteiger partial charge in [0.2, 0.25) is 5.91 Å². The molecule has 0 aromatic rings. The summed E-state index contributed by atoms with van der Waals surface area (Å²) < 4.78 is 5.70. The summed E-state index contributed by atoms with van der Waals surface area (Å²) >= 11 is 0. The molecule has 6 heteroatoms. The number of likely N-dealkylation sites (tertiary alicyclic amines) is 1. The Balaban J connectivity index is 1.37. The minimum Gasteiger partial charge on any atom is -0.444 e. The highest BCUT2D eigenvalue weighted by molar-refractivity contribution is 5.79. The van der Waals surface area contributed by atoms with E-state index >= 15 is 0 Å². The first-order valence-corrected chi connectivity index (χ1v) is 10.8. The Hall–Kier alpha value is -1.30. The minimum atomic E-state index is -0.434. The van der Waals surface area contributed by atoms with Gasteiger partial charge in [0.15, 0.2) is 0 Å². The number of hydrogen-bond acceptors (Lipinski definition) is 4. The van der Waals surface area contributed by atoms with E-state index in [0.29, 0.717) is 24.5 Å². The van der Waals surface area contributed by atoms with Crippen LogP contribution in [-0.2, 0) is 9.53 Å². The molecule has 0 aromatic heterocycles. The average Bonchev–Trinajstić information content (AvgIpc) is 2.93. The van der Waals surface area contributed by atoms with Crippen LogP contribution in [0.25, 0.3) is 0 Å². The fourth-order valence-electron chi connectivity index (χ4n) is 5.73. The van der Waals surface area contributed by atoms with E-state index in [9.17, 15) is 9.59 Å². The quantitative estimate of drug-likeness (QED) is 0.763. The van der Waals surface area contributed by atoms with E-state index in [0.717, 1.165) is 58.2 Å². The van der Waals surface area contributed by atoms with Crippen molar-refractivity contribution in [3.63, 3.8) is 0 Å². The number of rotatable bonds is 1. The lowest BCUT2D eigenvalue weighted by Gasteiger charge is -2.52. The zero-order valence-electron chi connectivity index (χ0n) is 17.1. The largest absolute Gasteiger partial charge is 0.444 e. The Labute approximate surface area is 163 Å². The van der Waals surface area contributed by atoms with Crippen LogP contribution in [0.2, 0.25) is 0 Å². The van der Waals surface area contributed by atoms with E-state index < -0.39 is 5.60 Å². The summed E-state index contributed by atoms with van der Waals surface area (Å²) in [7, 11) is 0. The van der Waals surface area contributed by atoms with E-state index in [1.165, 1.54) is 6.42 Å². The molecular formula is C21H35N3O3. The number of hydrogen-bond donors (Lipinski definition) is 1. The van der Waals surface area contributed by atoms with Gasteiger partial charge in [-0.3, -0.25) is 4.79 Å². The Kier molecular flexibility index (Phi) is 4.90. The van der Waals surface area contributed by atoms with Crippen LogP contribution in [0.4, 0.5) is 4.79 Å². The highest BCUT2D eigenvalue weighted by Gasteiger charge is 2.46. The Morgan fingerprint density at radius 1 is 1.11 bits per heavy atom. The van der Waals surface area contributed by atoms with Crippen molar-refractivity contribution in [3.8, 4) is 0 Å². The lowest BCUT2D eigenvalue weighted by atomic mass is 9.75. The lowest BCUT2D eigenvalue weighted by Crippen LogP contribution is -2.60. The molecule has 1 N–H and O–H groups in total. The van der Waals surface area contributed by atoms with Gasteiger partial charge in [0, 0.05) is 31.1 Å². The molecule has 0 aliphatic carbocycles. The van der Waals surface area contributed by atoms with E-state index in [4.69, 9.17) is 4.74 Å². The number of carbonyl (C=O) groups is 2. The number of carbonyl (C=O) groups excluding carboxylic acids is 2. The average molecular weight is 378 g/mol. The second kappa shape index (κ2) is 6.94. The third kappa shape index (κ3) is 3.96. The molecule has 1 spiro atoms. The van der Waals surface area contributed by atoms with Crippen LogP contribution in [0, 0.1) is 5.41 Å². The molecule has 4 aliphatic heterocycles. The predicted molar refractivity (Wildman–Crippen MR) is 103 cm³/mol. The Morgan fingerprint density at radius 3 is 2.26 bits per heavy atom. The number of piperidine rings is 3. The summed E-state index contributed by atoms with van der Waals surface area (Å²) in [5, 5.41) is 3.03. The van der Waals surface area contributed by atoms with E-state index in [1.807, 2.05) is 20.8 Å². The summed E-state index contributed by atoms with van der Waals surface area (Å²) in [6.07, 6.45) is 8.39. The molecule has 152 valence electrons. The topological polar surface area (TPSA) is 61.9 Å². The van der Waals surface area contributed by atoms with Crippen molar-refractivity contribution in [2.75, 3.05) is 19.6 Å². The second-order valence-electron chi connectivity index (χ2n) is 10.2. The molecule has 0 aromatic carbocycles. The van der Waals surface area contributed by atoms with Crippen LogP contribution in [0.5, 0.6) is 0 Å². The molecule has 4 aliphatic rings. The summed E-state index contributed by atoms with van der Waals surface area (Å²) in [6, 6.07) is 1.22. The van der Waals surface area contributed by atoms with Crippen LogP contribution in [0.3, 0.4) is 0 Å². The van der Waals surface area contributed by atoms with Crippen LogP contribution in [0.1, 0.15) is 72.1 Å². The van der Waals surface area contributed by atoms with E-state index in [2.05, 4.69) is 15.1 Å². The molecule has 2 amide bonds. The summed E-state index contributed by atoms with van der Waals surface area (Å²) in [6.45, 7) is 8.87. The highest BCUT2D eigenvalue weighted by atomic mass is 16.6. The maximum absolute atomic E-state index is 12.8. The Bertz CT molecular complexity index is 578.